The van der Waals surface area contributed by atoms with Gasteiger partial charge in [-0.05, 0) is 50.2 Å². The van der Waals surface area contributed by atoms with Crippen LogP contribution in [-0.4, -0.2) is 32.4 Å². The molecule has 4 nitrogen and oxygen atoms in total. The van der Waals surface area contributed by atoms with E-state index in [0.717, 1.165) is 17.5 Å². The summed E-state index contributed by atoms with van der Waals surface area (Å²) in [7, 11) is -3.46. The van der Waals surface area contributed by atoms with Crippen LogP contribution in [0.25, 0.3) is 0 Å². The minimum atomic E-state index is -3.46. The SMILES string of the molecule is CCOc1cc(S(=O)(=O)N2CC(C)CC(C)C2)c(C)cc1C. The highest BCUT2D eigenvalue weighted by Crippen LogP contribution is 2.31. The van der Waals surface area contributed by atoms with E-state index >= 15 is 0 Å². The van der Waals surface area contributed by atoms with Gasteiger partial charge >= 0.3 is 0 Å². The maximum absolute atomic E-state index is 13.0. The fraction of sp³-hybridized carbons (Fsp3) is 0.647. The molecule has 0 N–H and O–H groups in total. The first kappa shape index (κ1) is 17.3. The molecule has 0 aliphatic carbocycles. The fourth-order valence-corrected chi connectivity index (χ4v) is 5.25. The fourth-order valence-electron chi connectivity index (χ4n) is 3.34. The molecule has 2 unspecified atom stereocenters. The van der Waals surface area contributed by atoms with Crippen molar-refractivity contribution < 1.29 is 13.2 Å². The quantitative estimate of drug-likeness (QED) is 0.852. The van der Waals surface area contributed by atoms with Gasteiger partial charge in [-0.1, -0.05) is 19.9 Å². The number of hydrogen-bond donors (Lipinski definition) is 0. The van der Waals surface area contributed by atoms with Gasteiger partial charge in [0.15, 0.2) is 0 Å². The Morgan fingerprint density at radius 2 is 1.73 bits per heavy atom. The summed E-state index contributed by atoms with van der Waals surface area (Å²) < 4.78 is 33.3. The average Bonchev–Trinajstić information content (AvgIpc) is 2.40. The second-order valence-electron chi connectivity index (χ2n) is 6.58. The average molecular weight is 325 g/mol. The van der Waals surface area contributed by atoms with Crippen molar-refractivity contribution in [3.63, 3.8) is 0 Å². The Balaban J connectivity index is 2.42. The van der Waals surface area contributed by atoms with Gasteiger partial charge in [0.05, 0.1) is 11.5 Å². The molecule has 1 aliphatic heterocycles. The molecule has 1 heterocycles. The molecule has 0 aromatic heterocycles. The molecule has 1 saturated heterocycles. The third kappa shape index (κ3) is 3.46. The highest BCUT2D eigenvalue weighted by molar-refractivity contribution is 7.89. The summed E-state index contributed by atoms with van der Waals surface area (Å²) in [5, 5.41) is 0. The molecule has 124 valence electrons. The second kappa shape index (κ2) is 6.59. The molecule has 0 amide bonds. The highest BCUT2D eigenvalue weighted by Gasteiger charge is 2.33. The van der Waals surface area contributed by atoms with Crippen molar-refractivity contribution in [1.82, 2.24) is 4.31 Å². The Hall–Kier alpha value is -1.07. The predicted octanol–water partition coefficient (Wildman–Crippen LogP) is 3.37. The molecule has 1 aromatic carbocycles. The van der Waals surface area contributed by atoms with E-state index in [9.17, 15) is 8.42 Å². The van der Waals surface area contributed by atoms with Gasteiger partial charge in [0.1, 0.15) is 5.75 Å². The zero-order valence-electron chi connectivity index (χ0n) is 14.2. The van der Waals surface area contributed by atoms with Crippen molar-refractivity contribution in [3.8, 4) is 5.75 Å². The predicted molar refractivity (Wildman–Crippen MR) is 88.8 cm³/mol. The number of ether oxygens (including phenoxy) is 1. The van der Waals surface area contributed by atoms with Crippen LogP contribution in [0.2, 0.25) is 0 Å². The van der Waals surface area contributed by atoms with Crippen molar-refractivity contribution in [3.05, 3.63) is 23.3 Å². The van der Waals surface area contributed by atoms with Crippen LogP contribution >= 0.6 is 0 Å². The van der Waals surface area contributed by atoms with Gasteiger partial charge < -0.3 is 4.74 Å². The third-order valence-corrected chi connectivity index (χ3v) is 6.20. The standard InChI is InChI=1S/C17H27NO3S/c1-6-21-16-9-17(15(5)8-14(16)4)22(19,20)18-10-12(2)7-13(3)11-18/h8-9,12-13H,6-7,10-11H2,1-5H3. The van der Waals surface area contributed by atoms with E-state index in [2.05, 4.69) is 13.8 Å². The van der Waals surface area contributed by atoms with Gasteiger partial charge in [0, 0.05) is 19.2 Å². The molecule has 1 aromatic rings. The van der Waals surface area contributed by atoms with Crippen LogP contribution in [0.15, 0.2) is 17.0 Å². The van der Waals surface area contributed by atoms with E-state index in [-0.39, 0.29) is 0 Å². The van der Waals surface area contributed by atoms with E-state index in [4.69, 9.17) is 4.74 Å². The highest BCUT2D eigenvalue weighted by atomic mass is 32.2. The first-order valence-electron chi connectivity index (χ1n) is 7.99. The van der Waals surface area contributed by atoms with Gasteiger partial charge in [0.2, 0.25) is 10.0 Å². The molecule has 2 rings (SSSR count). The summed E-state index contributed by atoms with van der Waals surface area (Å²) >= 11 is 0. The van der Waals surface area contributed by atoms with Crippen LogP contribution in [0, 0.1) is 25.7 Å². The molecule has 22 heavy (non-hydrogen) atoms. The minimum Gasteiger partial charge on any atom is -0.494 e. The Morgan fingerprint density at radius 3 is 2.27 bits per heavy atom. The smallest absolute Gasteiger partial charge is 0.243 e. The van der Waals surface area contributed by atoms with Crippen molar-refractivity contribution in [1.29, 1.82) is 0 Å². The number of aryl methyl sites for hydroxylation is 2. The molecule has 0 bridgehead atoms. The maximum atomic E-state index is 13.0. The largest absolute Gasteiger partial charge is 0.494 e. The lowest BCUT2D eigenvalue weighted by molar-refractivity contribution is 0.222. The molecule has 0 saturated carbocycles. The second-order valence-corrected chi connectivity index (χ2v) is 8.49. The van der Waals surface area contributed by atoms with E-state index in [1.54, 1.807) is 10.4 Å². The van der Waals surface area contributed by atoms with Crippen LogP contribution in [0.5, 0.6) is 5.75 Å². The number of rotatable bonds is 4. The Kier molecular flexibility index (Phi) is 5.17. The first-order valence-corrected chi connectivity index (χ1v) is 9.43. The van der Waals surface area contributed by atoms with Crippen LogP contribution < -0.4 is 4.74 Å². The topological polar surface area (TPSA) is 46.6 Å². The molecule has 2 atom stereocenters. The molecule has 5 heteroatoms. The summed E-state index contributed by atoms with van der Waals surface area (Å²) in [5.41, 5.74) is 1.76. The van der Waals surface area contributed by atoms with Crippen molar-refractivity contribution >= 4 is 10.0 Å². The minimum absolute atomic E-state index is 0.378. The lowest BCUT2D eigenvalue weighted by Gasteiger charge is -2.34. The molecule has 1 fully saturated rings. The number of piperidine rings is 1. The van der Waals surface area contributed by atoms with Crippen molar-refractivity contribution in [2.24, 2.45) is 11.8 Å². The Bertz CT molecular complexity index is 630. The summed E-state index contributed by atoms with van der Waals surface area (Å²) in [5.74, 6) is 1.45. The monoisotopic (exact) mass is 325 g/mol. The van der Waals surface area contributed by atoms with Crippen molar-refractivity contribution in [2.45, 2.75) is 45.9 Å². The normalized spacial score (nSPS) is 23.5. The molecule has 0 radical (unpaired) electrons. The van der Waals surface area contributed by atoms with E-state index in [0.29, 0.717) is 42.2 Å². The van der Waals surface area contributed by atoms with Crippen LogP contribution in [-0.2, 0) is 10.0 Å². The molecular formula is C17H27NO3S. The maximum Gasteiger partial charge on any atom is 0.243 e. The summed E-state index contributed by atoms with van der Waals surface area (Å²) in [6.45, 7) is 11.7. The van der Waals surface area contributed by atoms with E-state index in [1.165, 1.54) is 0 Å². The van der Waals surface area contributed by atoms with Gasteiger partial charge in [-0.25, -0.2) is 8.42 Å². The number of benzene rings is 1. The van der Waals surface area contributed by atoms with Crippen LogP contribution in [0.1, 0.15) is 38.3 Å². The Labute approximate surface area is 134 Å². The summed E-state index contributed by atoms with van der Waals surface area (Å²) in [6.07, 6.45) is 1.09. The van der Waals surface area contributed by atoms with Gasteiger partial charge in [0.25, 0.3) is 0 Å². The lowest BCUT2D eigenvalue weighted by Crippen LogP contribution is -2.42. The van der Waals surface area contributed by atoms with Gasteiger partial charge in [-0.3, -0.25) is 0 Å². The van der Waals surface area contributed by atoms with Gasteiger partial charge in [-0.2, -0.15) is 4.31 Å². The summed E-state index contributed by atoms with van der Waals surface area (Å²) in [6, 6.07) is 3.59. The van der Waals surface area contributed by atoms with Crippen LogP contribution in [0.4, 0.5) is 0 Å². The van der Waals surface area contributed by atoms with Crippen LogP contribution in [0.3, 0.4) is 0 Å². The van der Waals surface area contributed by atoms with E-state index in [1.807, 2.05) is 26.8 Å². The lowest BCUT2D eigenvalue weighted by atomic mass is 9.94. The zero-order valence-corrected chi connectivity index (χ0v) is 15.0. The number of nitrogens with zero attached hydrogens (tertiary/aromatic N) is 1. The van der Waals surface area contributed by atoms with Crippen molar-refractivity contribution in [2.75, 3.05) is 19.7 Å². The first-order chi connectivity index (χ1) is 10.3. The molecule has 1 aliphatic rings. The third-order valence-electron chi connectivity index (χ3n) is 4.23. The molecular weight excluding hydrogens is 298 g/mol. The summed E-state index contributed by atoms with van der Waals surface area (Å²) in [4.78, 5) is 0.378. The molecule has 0 spiro atoms. The number of sulfonamides is 1. The van der Waals surface area contributed by atoms with E-state index < -0.39 is 10.0 Å². The zero-order chi connectivity index (χ0) is 16.5. The number of hydrogen-bond acceptors (Lipinski definition) is 3. The van der Waals surface area contributed by atoms with Gasteiger partial charge in [-0.15, -0.1) is 0 Å². The Morgan fingerprint density at radius 1 is 1.14 bits per heavy atom.